The number of rotatable bonds is 2. The molecule has 0 saturated carbocycles. The molecule has 0 bridgehead atoms. The van der Waals surface area contributed by atoms with E-state index in [1.54, 1.807) is 0 Å². The Bertz CT molecular complexity index is 758. The molecule has 2 fully saturated rings. The molecule has 132 valence electrons. The third-order valence-corrected chi connectivity index (χ3v) is 5.29. The van der Waals surface area contributed by atoms with E-state index in [2.05, 4.69) is 10.2 Å². The summed E-state index contributed by atoms with van der Waals surface area (Å²) in [6, 6.07) is 2.08. The van der Waals surface area contributed by atoms with Gasteiger partial charge in [-0.2, -0.15) is 0 Å². The van der Waals surface area contributed by atoms with Crippen LogP contribution in [0.25, 0.3) is 0 Å². The number of nitrogens with zero attached hydrogens (tertiary/aromatic N) is 2. The molecule has 4 rings (SSSR count). The molecule has 1 N–H and O–H groups in total. The number of piperidine rings is 2. The fourth-order valence-corrected chi connectivity index (χ4v) is 4.02. The van der Waals surface area contributed by atoms with Crippen LogP contribution in [0.4, 0.5) is 10.1 Å². The van der Waals surface area contributed by atoms with Gasteiger partial charge < -0.3 is 9.80 Å². The van der Waals surface area contributed by atoms with Gasteiger partial charge in [-0.1, -0.05) is 0 Å². The van der Waals surface area contributed by atoms with Gasteiger partial charge in [0.05, 0.1) is 0 Å². The third-order valence-electron chi connectivity index (χ3n) is 5.29. The Kier molecular flexibility index (Phi) is 3.94. The maximum absolute atomic E-state index is 14.1. The number of halogens is 1. The summed E-state index contributed by atoms with van der Waals surface area (Å²) < 4.78 is 14.1. The number of hydrogen-bond donors (Lipinski definition) is 1. The van der Waals surface area contributed by atoms with Crippen molar-refractivity contribution in [1.82, 2.24) is 10.2 Å². The van der Waals surface area contributed by atoms with Gasteiger partial charge >= 0.3 is 0 Å². The SMILES string of the molecule is O=C1CCC(N2Cc3c(cc(F)cc3N3CCCCC3)C2=O)C(=O)N1. The lowest BCUT2D eigenvalue weighted by Gasteiger charge is -2.31. The van der Waals surface area contributed by atoms with E-state index >= 15 is 0 Å². The van der Waals surface area contributed by atoms with Crippen LogP contribution in [0.2, 0.25) is 0 Å². The normalized spacial score (nSPS) is 23.7. The van der Waals surface area contributed by atoms with Crippen LogP contribution in [0, 0.1) is 5.82 Å². The van der Waals surface area contributed by atoms with Crippen LogP contribution >= 0.6 is 0 Å². The van der Waals surface area contributed by atoms with Gasteiger partial charge in [0, 0.05) is 42.9 Å². The van der Waals surface area contributed by atoms with Gasteiger partial charge in [0.2, 0.25) is 11.8 Å². The molecule has 25 heavy (non-hydrogen) atoms. The maximum atomic E-state index is 14.1. The third kappa shape index (κ3) is 2.77. The highest BCUT2D eigenvalue weighted by molar-refractivity contribution is 6.06. The number of benzene rings is 1. The molecule has 1 atom stereocenters. The Labute approximate surface area is 145 Å². The zero-order valence-corrected chi connectivity index (χ0v) is 13.9. The smallest absolute Gasteiger partial charge is 0.255 e. The lowest BCUT2D eigenvalue weighted by atomic mass is 10.0. The van der Waals surface area contributed by atoms with E-state index in [4.69, 9.17) is 0 Å². The molecule has 7 heteroatoms. The number of fused-ring (bicyclic) bond motifs is 1. The molecule has 1 unspecified atom stereocenters. The van der Waals surface area contributed by atoms with E-state index in [1.807, 2.05) is 0 Å². The summed E-state index contributed by atoms with van der Waals surface area (Å²) in [5.41, 5.74) is 1.89. The first-order valence-electron chi connectivity index (χ1n) is 8.76. The summed E-state index contributed by atoms with van der Waals surface area (Å²) in [5.74, 6) is -1.53. The molecule has 3 heterocycles. The van der Waals surface area contributed by atoms with Crippen LogP contribution in [0.3, 0.4) is 0 Å². The molecule has 6 nitrogen and oxygen atoms in total. The number of nitrogens with one attached hydrogen (secondary N) is 1. The van der Waals surface area contributed by atoms with Gasteiger partial charge in [-0.3, -0.25) is 19.7 Å². The zero-order valence-electron chi connectivity index (χ0n) is 13.9. The van der Waals surface area contributed by atoms with Crippen molar-refractivity contribution in [2.75, 3.05) is 18.0 Å². The molecular weight excluding hydrogens is 325 g/mol. The molecule has 1 aromatic carbocycles. The van der Waals surface area contributed by atoms with Gasteiger partial charge in [-0.25, -0.2) is 4.39 Å². The highest BCUT2D eigenvalue weighted by atomic mass is 19.1. The highest BCUT2D eigenvalue weighted by Crippen LogP contribution is 2.36. The van der Waals surface area contributed by atoms with Gasteiger partial charge in [0.15, 0.2) is 0 Å². The fraction of sp³-hybridized carbons (Fsp3) is 0.500. The largest absolute Gasteiger partial charge is 0.371 e. The Hall–Kier alpha value is -2.44. The summed E-state index contributed by atoms with van der Waals surface area (Å²) in [7, 11) is 0. The monoisotopic (exact) mass is 345 g/mol. The van der Waals surface area contributed by atoms with Crippen molar-refractivity contribution in [2.24, 2.45) is 0 Å². The van der Waals surface area contributed by atoms with E-state index in [9.17, 15) is 18.8 Å². The van der Waals surface area contributed by atoms with E-state index in [-0.39, 0.29) is 24.8 Å². The second kappa shape index (κ2) is 6.13. The Morgan fingerprint density at radius 2 is 1.84 bits per heavy atom. The summed E-state index contributed by atoms with van der Waals surface area (Å²) in [4.78, 5) is 39.9. The summed E-state index contributed by atoms with van der Waals surface area (Å²) in [5, 5.41) is 2.29. The Morgan fingerprint density at radius 3 is 2.56 bits per heavy atom. The number of hydrogen-bond acceptors (Lipinski definition) is 4. The summed E-state index contributed by atoms with van der Waals surface area (Å²) >= 11 is 0. The first-order valence-corrected chi connectivity index (χ1v) is 8.76. The van der Waals surface area contributed by atoms with Gasteiger partial charge in [0.1, 0.15) is 11.9 Å². The molecule has 3 aliphatic rings. The van der Waals surface area contributed by atoms with Crippen molar-refractivity contribution in [3.8, 4) is 0 Å². The standard InChI is InChI=1S/C18H20FN3O3/c19-11-8-12-13(15(9-11)21-6-2-1-3-7-21)10-22(18(12)25)14-4-5-16(23)20-17(14)24/h8-9,14H,1-7,10H2,(H,20,23,24). The van der Waals surface area contributed by atoms with Crippen LogP contribution in [0.1, 0.15) is 48.0 Å². The molecule has 0 spiro atoms. The number of carbonyl (C=O) groups is 3. The topological polar surface area (TPSA) is 69.7 Å². The molecule has 3 amide bonds. The van der Waals surface area contributed by atoms with Crippen LogP contribution in [-0.2, 0) is 16.1 Å². The van der Waals surface area contributed by atoms with E-state index < -0.39 is 17.8 Å². The zero-order chi connectivity index (χ0) is 17.6. The average molecular weight is 345 g/mol. The van der Waals surface area contributed by atoms with Crippen LogP contribution < -0.4 is 10.2 Å². The first-order chi connectivity index (χ1) is 12.0. The van der Waals surface area contributed by atoms with Crippen molar-refractivity contribution in [2.45, 2.75) is 44.7 Å². The predicted octanol–water partition coefficient (Wildman–Crippen LogP) is 1.58. The van der Waals surface area contributed by atoms with Gasteiger partial charge in [-0.05, 0) is 37.8 Å². The Morgan fingerprint density at radius 1 is 1.08 bits per heavy atom. The highest BCUT2D eigenvalue weighted by Gasteiger charge is 2.40. The van der Waals surface area contributed by atoms with Crippen LogP contribution in [-0.4, -0.2) is 41.8 Å². The van der Waals surface area contributed by atoms with Crippen molar-refractivity contribution < 1.29 is 18.8 Å². The molecule has 3 aliphatic heterocycles. The lowest BCUT2D eigenvalue weighted by molar-refractivity contribution is -0.136. The fourth-order valence-electron chi connectivity index (χ4n) is 4.02. The van der Waals surface area contributed by atoms with Crippen molar-refractivity contribution in [3.05, 3.63) is 29.1 Å². The quantitative estimate of drug-likeness (QED) is 0.826. The minimum atomic E-state index is -0.671. The number of carbonyl (C=O) groups excluding carboxylic acids is 3. The molecule has 0 radical (unpaired) electrons. The van der Waals surface area contributed by atoms with E-state index in [1.165, 1.54) is 17.0 Å². The first kappa shape index (κ1) is 16.1. The van der Waals surface area contributed by atoms with E-state index in [0.717, 1.165) is 43.6 Å². The van der Waals surface area contributed by atoms with Gasteiger partial charge in [0.25, 0.3) is 5.91 Å². The number of imide groups is 1. The average Bonchev–Trinajstić information content (AvgIpc) is 2.92. The lowest BCUT2D eigenvalue weighted by Crippen LogP contribution is -2.52. The van der Waals surface area contributed by atoms with Gasteiger partial charge in [-0.15, -0.1) is 0 Å². The minimum absolute atomic E-state index is 0.212. The van der Waals surface area contributed by atoms with Crippen molar-refractivity contribution in [1.29, 1.82) is 0 Å². The minimum Gasteiger partial charge on any atom is -0.371 e. The predicted molar refractivity (Wildman–Crippen MR) is 88.5 cm³/mol. The van der Waals surface area contributed by atoms with Crippen molar-refractivity contribution in [3.63, 3.8) is 0 Å². The van der Waals surface area contributed by atoms with Crippen molar-refractivity contribution >= 4 is 23.4 Å². The Balaban J connectivity index is 1.66. The maximum Gasteiger partial charge on any atom is 0.255 e. The molecular formula is C18H20FN3O3. The second-order valence-corrected chi connectivity index (χ2v) is 6.90. The number of amides is 3. The second-order valence-electron chi connectivity index (χ2n) is 6.90. The molecule has 2 saturated heterocycles. The molecule has 0 aromatic heterocycles. The van der Waals surface area contributed by atoms with Crippen LogP contribution in [0.5, 0.6) is 0 Å². The summed E-state index contributed by atoms with van der Waals surface area (Å²) in [6.45, 7) is 1.98. The molecule has 0 aliphatic carbocycles. The molecule has 1 aromatic rings. The summed E-state index contributed by atoms with van der Waals surface area (Å²) in [6.07, 6.45) is 3.79. The van der Waals surface area contributed by atoms with E-state index in [0.29, 0.717) is 12.0 Å². The van der Waals surface area contributed by atoms with Crippen LogP contribution in [0.15, 0.2) is 12.1 Å². The number of anilines is 1.